The van der Waals surface area contributed by atoms with Crippen LogP contribution in [0.1, 0.15) is 11.3 Å². The molecule has 1 heterocycles. The number of hydrazine groups is 1. The molecule has 0 amide bonds. The first-order valence-electron chi connectivity index (χ1n) is 7.16. The lowest BCUT2D eigenvalue weighted by Gasteiger charge is -2.37. The Labute approximate surface area is 155 Å². The highest BCUT2D eigenvalue weighted by Gasteiger charge is 2.58. The molecule has 1 aromatic heterocycles. The minimum absolute atomic E-state index is 0.171. The van der Waals surface area contributed by atoms with Gasteiger partial charge in [-0.25, -0.2) is 24.6 Å². The van der Waals surface area contributed by atoms with E-state index in [2.05, 4.69) is 26.9 Å². The molecule has 2 rings (SSSR count). The summed E-state index contributed by atoms with van der Waals surface area (Å²) in [6.45, 7) is 1.98. The van der Waals surface area contributed by atoms with Crippen LogP contribution in [0.25, 0.3) is 0 Å². The van der Waals surface area contributed by atoms with Gasteiger partial charge in [-0.15, -0.1) is 5.10 Å². The quantitative estimate of drug-likeness (QED) is 0.242. The average Bonchev–Trinajstić information content (AvgIpc) is 2.60. The zero-order valence-corrected chi connectivity index (χ0v) is 14.3. The van der Waals surface area contributed by atoms with E-state index in [1.165, 1.54) is 0 Å². The minimum Gasteiger partial charge on any atom is -0.377 e. The Kier molecular flexibility index (Phi) is 6.08. The second-order valence-corrected chi connectivity index (χ2v) is 5.72. The number of hydrogen-bond donors (Lipinski definition) is 2. The molecule has 0 saturated heterocycles. The molecule has 0 saturated carbocycles. The first-order chi connectivity index (χ1) is 12.6. The fourth-order valence-corrected chi connectivity index (χ4v) is 2.37. The Morgan fingerprint density at radius 1 is 1.30 bits per heavy atom. The summed E-state index contributed by atoms with van der Waals surface area (Å²) in [5.74, 6) is -1.13. The summed E-state index contributed by atoms with van der Waals surface area (Å²) in [6, 6.07) is 1.75. The monoisotopic (exact) mass is 404 g/mol. The maximum atomic E-state index is 15.2. The summed E-state index contributed by atoms with van der Waals surface area (Å²) in [5, 5.41) is 17.6. The van der Waals surface area contributed by atoms with Crippen molar-refractivity contribution in [3.05, 3.63) is 58.6 Å². The van der Waals surface area contributed by atoms with Crippen LogP contribution in [-0.4, -0.2) is 39.7 Å². The number of aliphatic hydroxyl groups is 1. The van der Waals surface area contributed by atoms with Gasteiger partial charge in [0.2, 0.25) is 0 Å². The van der Waals surface area contributed by atoms with Crippen molar-refractivity contribution in [2.45, 2.75) is 11.5 Å². The van der Waals surface area contributed by atoms with E-state index in [9.17, 15) is 13.9 Å². The molecule has 0 aliphatic heterocycles. The van der Waals surface area contributed by atoms with Crippen LogP contribution in [0.15, 0.2) is 40.8 Å². The topological polar surface area (TPSA) is 100.0 Å². The maximum Gasteiger partial charge on any atom is 0.325 e. The number of benzene rings is 1. The molecule has 0 aliphatic carbocycles. The molecule has 0 aliphatic rings. The molecule has 1 unspecified atom stereocenters. The number of rotatable bonds is 7. The largest absolute Gasteiger partial charge is 0.377 e. The van der Waals surface area contributed by atoms with Gasteiger partial charge in [-0.05, 0) is 12.1 Å². The van der Waals surface area contributed by atoms with Gasteiger partial charge in [0.15, 0.2) is 5.60 Å². The third-order valence-electron chi connectivity index (χ3n) is 3.53. The third kappa shape index (κ3) is 4.21. The van der Waals surface area contributed by atoms with Gasteiger partial charge >= 0.3 is 5.92 Å². The van der Waals surface area contributed by atoms with Gasteiger partial charge in [0.1, 0.15) is 28.8 Å². The van der Waals surface area contributed by atoms with Crippen molar-refractivity contribution in [1.82, 2.24) is 15.0 Å². The highest BCUT2D eigenvalue weighted by atomic mass is 35.5. The highest BCUT2D eigenvalue weighted by Crippen LogP contribution is 2.45. The molecule has 0 fully saturated rings. The third-order valence-corrected chi connectivity index (χ3v) is 3.73. The van der Waals surface area contributed by atoms with Crippen LogP contribution < -0.4 is 5.84 Å². The second kappa shape index (κ2) is 7.94. The van der Waals surface area contributed by atoms with E-state index >= 15 is 8.78 Å². The Hall–Kier alpha value is -2.63. The van der Waals surface area contributed by atoms with Crippen LogP contribution in [0.4, 0.5) is 17.6 Å². The van der Waals surface area contributed by atoms with Crippen molar-refractivity contribution in [2.75, 3.05) is 6.54 Å². The molecule has 144 valence electrons. The van der Waals surface area contributed by atoms with Crippen molar-refractivity contribution < 1.29 is 22.7 Å². The Bertz CT molecular complexity index is 851. The van der Waals surface area contributed by atoms with Crippen molar-refractivity contribution in [2.24, 2.45) is 16.0 Å². The molecule has 27 heavy (non-hydrogen) atoms. The summed E-state index contributed by atoms with van der Waals surface area (Å²) in [5.41, 5.74) is -5.21. The molecular weight excluding hydrogens is 392 g/mol. The predicted octanol–water partition coefficient (Wildman–Crippen LogP) is 2.21. The second-order valence-electron chi connectivity index (χ2n) is 5.33. The van der Waals surface area contributed by atoms with Crippen LogP contribution in [0.5, 0.6) is 0 Å². The van der Waals surface area contributed by atoms with Crippen LogP contribution in [0.2, 0.25) is 5.15 Å². The minimum atomic E-state index is -4.21. The van der Waals surface area contributed by atoms with Crippen LogP contribution in [0, 0.1) is 11.6 Å². The van der Waals surface area contributed by atoms with E-state index in [0.29, 0.717) is 29.4 Å². The van der Waals surface area contributed by atoms with Gasteiger partial charge in [0.25, 0.3) is 0 Å². The van der Waals surface area contributed by atoms with E-state index in [0.717, 1.165) is 12.5 Å². The molecule has 2 aromatic rings. The van der Waals surface area contributed by atoms with Crippen LogP contribution >= 0.6 is 11.6 Å². The number of alkyl halides is 2. The normalized spacial score (nSPS) is 14.2. The number of hydrogen-bond acceptors (Lipinski definition) is 6. The van der Waals surface area contributed by atoms with Crippen molar-refractivity contribution in [1.29, 1.82) is 0 Å². The molecular formula is C15H13ClF4N6O. The molecule has 0 radical (unpaired) electrons. The molecule has 3 N–H and O–H groups in total. The van der Waals surface area contributed by atoms with Gasteiger partial charge in [0.05, 0.1) is 18.9 Å². The van der Waals surface area contributed by atoms with Gasteiger partial charge in [-0.3, -0.25) is 5.01 Å². The highest BCUT2D eigenvalue weighted by molar-refractivity contribution is 6.29. The fraction of sp³-hybridized carbons (Fsp3) is 0.200. The molecule has 0 bridgehead atoms. The summed E-state index contributed by atoms with van der Waals surface area (Å²) in [7, 11) is 0. The average molecular weight is 405 g/mol. The van der Waals surface area contributed by atoms with E-state index in [1.54, 1.807) is 0 Å². The van der Waals surface area contributed by atoms with Gasteiger partial charge < -0.3 is 5.11 Å². The predicted molar refractivity (Wildman–Crippen MR) is 90.1 cm³/mol. The summed E-state index contributed by atoms with van der Waals surface area (Å²) < 4.78 is 57.8. The lowest BCUT2D eigenvalue weighted by molar-refractivity contribution is -0.204. The van der Waals surface area contributed by atoms with Crippen molar-refractivity contribution in [3.63, 3.8) is 0 Å². The van der Waals surface area contributed by atoms with Crippen molar-refractivity contribution >= 4 is 24.7 Å². The first kappa shape index (κ1) is 20.7. The van der Waals surface area contributed by atoms with E-state index in [1.807, 2.05) is 0 Å². The number of aromatic nitrogens is 2. The van der Waals surface area contributed by atoms with Gasteiger partial charge in [0, 0.05) is 18.3 Å². The molecule has 1 atom stereocenters. The molecule has 7 nitrogen and oxygen atoms in total. The molecule has 12 heteroatoms. The first-order valence-corrected chi connectivity index (χ1v) is 7.54. The Balaban J connectivity index is 2.62. The lowest BCUT2D eigenvalue weighted by atomic mass is 9.84. The number of halogens is 5. The Morgan fingerprint density at radius 2 is 2.00 bits per heavy atom. The summed E-state index contributed by atoms with van der Waals surface area (Å²) in [6.07, 6.45) is 2.23. The SMILES string of the molecule is C=N/N=C\N(N)CC(O)(c1ccc(F)cc1F)C(F)(F)c1cnc(Cl)cn1. The molecule has 0 spiro atoms. The zero-order chi connectivity index (χ0) is 20.2. The van der Waals surface area contributed by atoms with E-state index in [-0.39, 0.29) is 5.15 Å². The van der Waals surface area contributed by atoms with E-state index in [4.69, 9.17) is 17.4 Å². The Morgan fingerprint density at radius 3 is 2.56 bits per heavy atom. The van der Waals surface area contributed by atoms with Crippen molar-refractivity contribution in [3.8, 4) is 0 Å². The van der Waals surface area contributed by atoms with Crippen LogP contribution in [-0.2, 0) is 11.5 Å². The zero-order valence-electron chi connectivity index (χ0n) is 13.5. The summed E-state index contributed by atoms with van der Waals surface area (Å²) >= 11 is 5.53. The smallest absolute Gasteiger partial charge is 0.325 e. The lowest BCUT2D eigenvalue weighted by Crippen LogP contribution is -2.53. The van der Waals surface area contributed by atoms with Crippen LogP contribution in [0.3, 0.4) is 0 Å². The maximum absolute atomic E-state index is 15.2. The standard InChI is InChI=1S/C15H13ClF4N6O/c1-22-25-8-26(21)7-14(27,10-3-2-9(17)4-11(10)18)15(19,20)12-5-24-13(16)6-23-12/h2-6,8,27H,1,7,21H2/b25-8-. The summed E-state index contributed by atoms with van der Waals surface area (Å²) in [4.78, 5) is 6.92. The fourth-order valence-electron chi connectivity index (χ4n) is 2.27. The van der Waals surface area contributed by atoms with Gasteiger partial charge in [-0.2, -0.15) is 13.9 Å². The number of nitrogens with zero attached hydrogens (tertiary/aromatic N) is 5. The molecule has 1 aromatic carbocycles. The number of nitrogens with two attached hydrogens (primary N) is 1. The van der Waals surface area contributed by atoms with E-state index < -0.39 is 41.0 Å². The van der Waals surface area contributed by atoms with Gasteiger partial charge in [-0.1, -0.05) is 11.6 Å².